The topological polar surface area (TPSA) is 86.8 Å². The third-order valence-electron chi connectivity index (χ3n) is 3.44. The lowest BCUT2D eigenvalue weighted by atomic mass is 10.1. The van der Waals surface area contributed by atoms with E-state index in [9.17, 15) is 18.4 Å². The second-order valence-electron chi connectivity index (χ2n) is 5.19. The number of alkyl halides is 2. The van der Waals surface area contributed by atoms with E-state index in [1.165, 1.54) is 49.7 Å². The third kappa shape index (κ3) is 5.63. The number of esters is 1. The number of aromatic nitrogens is 1. The second kappa shape index (κ2) is 9.46. The number of ether oxygens (including phenoxy) is 3. The van der Waals surface area contributed by atoms with Gasteiger partial charge in [-0.25, -0.2) is 9.78 Å². The first kappa shape index (κ1) is 20.1. The van der Waals surface area contributed by atoms with Crippen LogP contribution in [0.3, 0.4) is 0 Å². The number of hydrogen-bond acceptors (Lipinski definition) is 6. The van der Waals surface area contributed by atoms with Crippen LogP contribution in [0.4, 0.5) is 8.78 Å². The first-order valence-electron chi connectivity index (χ1n) is 7.97. The van der Waals surface area contributed by atoms with Crippen LogP contribution in [0, 0.1) is 0 Å². The van der Waals surface area contributed by atoms with Crippen LogP contribution in [-0.2, 0) is 9.53 Å². The molecular weight excluding hydrogens is 362 g/mol. The molecule has 0 aliphatic carbocycles. The van der Waals surface area contributed by atoms with E-state index >= 15 is 0 Å². The summed E-state index contributed by atoms with van der Waals surface area (Å²) in [4.78, 5) is 28.5. The molecule has 0 saturated heterocycles. The number of nitrogens with one attached hydrogen (secondary N) is 1. The summed E-state index contributed by atoms with van der Waals surface area (Å²) in [7, 11) is 1.18. The van der Waals surface area contributed by atoms with Gasteiger partial charge in [0.15, 0.2) is 6.04 Å². The van der Waals surface area contributed by atoms with Crippen molar-refractivity contribution in [1.29, 1.82) is 0 Å². The first-order chi connectivity index (χ1) is 12.9. The van der Waals surface area contributed by atoms with Gasteiger partial charge in [0.25, 0.3) is 5.91 Å². The molecule has 9 heteroatoms. The van der Waals surface area contributed by atoms with Crippen LogP contribution in [0.5, 0.6) is 11.6 Å². The van der Waals surface area contributed by atoms with E-state index in [1.54, 1.807) is 6.92 Å². The molecular formula is C18H18F2N2O5. The van der Waals surface area contributed by atoms with Gasteiger partial charge in [0.1, 0.15) is 5.75 Å². The van der Waals surface area contributed by atoms with Gasteiger partial charge >= 0.3 is 12.6 Å². The summed E-state index contributed by atoms with van der Waals surface area (Å²) < 4.78 is 38.7. The maximum Gasteiger partial charge on any atom is 0.387 e. The fraction of sp³-hybridized carbons (Fsp3) is 0.278. The molecule has 27 heavy (non-hydrogen) atoms. The zero-order valence-corrected chi connectivity index (χ0v) is 14.6. The Bertz CT molecular complexity index is 784. The van der Waals surface area contributed by atoms with Gasteiger partial charge in [-0.15, -0.1) is 0 Å². The molecule has 1 N–H and O–H groups in total. The van der Waals surface area contributed by atoms with Gasteiger partial charge in [-0.2, -0.15) is 8.78 Å². The summed E-state index contributed by atoms with van der Waals surface area (Å²) in [5, 5.41) is 2.54. The van der Waals surface area contributed by atoms with Crippen molar-refractivity contribution in [1.82, 2.24) is 10.3 Å². The van der Waals surface area contributed by atoms with Gasteiger partial charge in [0.2, 0.25) is 5.88 Å². The Morgan fingerprint density at radius 3 is 2.48 bits per heavy atom. The number of benzene rings is 1. The predicted molar refractivity (Wildman–Crippen MR) is 90.7 cm³/mol. The van der Waals surface area contributed by atoms with Crippen molar-refractivity contribution in [2.75, 3.05) is 13.7 Å². The van der Waals surface area contributed by atoms with Gasteiger partial charge in [-0.1, -0.05) is 12.1 Å². The molecule has 7 nitrogen and oxygen atoms in total. The standard InChI is InChI=1S/C18H18F2N2O5/c1-3-26-14-10-12(8-9-21-14)16(23)22-15(17(24)25-2)11-4-6-13(7-5-11)27-18(19)20/h4-10,15,18H,3H2,1-2H3,(H,22,23)/t15-/m1/s1. The highest BCUT2D eigenvalue weighted by Crippen LogP contribution is 2.21. The summed E-state index contributed by atoms with van der Waals surface area (Å²) in [5.74, 6) is -1.07. The number of methoxy groups -OCH3 is 1. The van der Waals surface area contributed by atoms with E-state index in [2.05, 4.69) is 15.0 Å². The Balaban J connectivity index is 2.20. The van der Waals surface area contributed by atoms with Gasteiger partial charge in [0, 0.05) is 17.8 Å². The Kier molecular flexibility index (Phi) is 7.04. The van der Waals surface area contributed by atoms with Crippen molar-refractivity contribution in [3.05, 3.63) is 53.7 Å². The smallest absolute Gasteiger partial charge is 0.387 e. The van der Waals surface area contributed by atoms with Crippen molar-refractivity contribution >= 4 is 11.9 Å². The van der Waals surface area contributed by atoms with Crippen LogP contribution in [0.1, 0.15) is 28.9 Å². The Morgan fingerprint density at radius 1 is 1.19 bits per heavy atom. The molecule has 0 unspecified atom stereocenters. The number of carbonyl (C=O) groups excluding carboxylic acids is 2. The zero-order valence-electron chi connectivity index (χ0n) is 14.6. The average molecular weight is 380 g/mol. The minimum absolute atomic E-state index is 0.0702. The maximum absolute atomic E-state index is 12.5. The average Bonchev–Trinajstić information content (AvgIpc) is 2.66. The van der Waals surface area contributed by atoms with Crippen LogP contribution >= 0.6 is 0 Å². The summed E-state index contributed by atoms with van der Waals surface area (Å²) in [6.45, 7) is -0.794. The summed E-state index contributed by atoms with van der Waals surface area (Å²) in [5.41, 5.74) is 0.580. The Morgan fingerprint density at radius 2 is 1.89 bits per heavy atom. The van der Waals surface area contributed by atoms with E-state index in [0.29, 0.717) is 12.2 Å². The number of hydrogen-bond donors (Lipinski definition) is 1. The quantitative estimate of drug-likeness (QED) is 0.709. The SMILES string of the molecule is CCOc1cc(C(=O)N[C@@H](C(=O)OC)c2ccc(OC(F)F)cc2)ccn1. The number of amides is 1. The minimum Gasteiger partial charge on any atom is -0.478 e. The van der Waals surface area contributed by atoms with Crippen LogP contribution in [0.15, 0.2) is 42.6 Å². The molecule has 2 aromatic rings. The molecule has 0 spiro atoms. The minimum atomic E-state index is -2.96. The zero-order chi connectivity index (χ0) is 19.8. The molecule has 0 aliphatic rings. The summed E-state index contributed by atoms with van der Waals surface area (Å²) >= 11 is 0. The number of halogens is 2. The lowest BCUT2D eigenvalue weighted by Gasteiger charge is -2.17. The highest BCUT2D eigenvalue weighted by Gasteiger charge is 2.24. The molecule has 0 saturated carbocycles. The van der Waals surface area contributed by atoms with Crippen molar-refractivity contribution in [3.8, 4) is 11.6 Å². The van der Waals surface area contributed by atoms with Crippen molar-refractivity contribution in [2.24, 2.45) is 0 Å². The normalized spacial score (nSPS) is 11.6. The third-order valence-corrected chi connectivity index (χ3v) is 3.44. The van der Waals surface area contributed by atoms with Gasteiger partial charge < -0.3 is 19.5 Å². The molecule has 1 aromatic carbocycles. The molecule has 1 amide bonds. The van der Waals surface area contributed by atoms with E-state index in [1.807, 2.05) is 0 Å². The molecule has 1 atom stereocenters. The van der Waals surface area contributed by atoms with Gasteiger partial charge in [-0.3, -0.25) is 4.79 Å². The molecule has 144 valence electrons. The van der Waals surface area contributed by atoms with Gasteiger partial charge in [-0.05, 0) is 30.7 Å². The summed E-state index contributed by atoms with van der Waals surface area (Å²) in [6.07, 6.45) is 1.41. The van der Waals surface area contributed by atoms with Crippen LogP contribution in [-0.4, -0.2) is 37.2 Å². The molecule has 0 aliphatic heterocycles. The molecule has 0 radical (unpaired) electrons. The Labute approximate surface area is 154 Å². The molecule has 1 heterocycles. The predicted octanol–water partition coefficient (Wildman–Crippen LogP) is 2.73. The lowest BCUT2D eigenvalue weighted by molar-refractivity contribution is -0.143. The number of pyridine rings is 1. The lowest BCUT2D eigenvalue weighted by Crippen LogP contribution is -2.34. The number of rotatable bonds is 8. The fourth-order valence-electron chi connectivity index (χ4n) is 2.23. The molecule has 0 bridgehead atoms. The van der Waals surface area contributed by atoms with Crippen molar-refractivity contribution < 1.29 is 32.6 Å². The molecule has 1 aromatic heterocycles. The highest BCUT2D eigenvalue weighted by atomic mass is 19.3. The highest BCUT2D eigenvalue weighted by molar-refractivity contribution is 5.97. The molecule has 0 fully saturated rings. The maximum atomic E-state index is 12.5. The van der Waals surface area contributed by atoms with Crippen LogP contribution < -0.4 is 14.8 Å². The van der Waals surface area contributed by atoms with E-state index in [-0.39, 0.29) is 17.2 Å². The summed E-state index contributed by atoms with van der Waals surface area (Å²) in [6, 6.07) is 7.08. The monoisotopic (exact) mass is 380 g/mol. The second-order valence-corrected chi connectivity index (χ2v) is 5.19. The van der Waals surface area contributed by atoms with E-state index in [0.717, 1.165) is 0 Å². The Hall–Kier alpha value is -3.23. The number of carbonyl (C=O) groups is 2. The van der Waals surface area contributed by atoms with E-state index in [4.69, 9.17) is 9.47 Å². The van der Waals surface area contributed by atoms with E-state index < -0.39 is 24.5 Å². The van der Waals surface area contributed by atoms with Crippen LogP contribution in [0.25, 0.3) is 0 Å². The van der Waals surface area contributed by atoms with Crippen LogP contribution in [0.2, 0.25) is 0 Å². The van der Waals surface area contributed by atoms with Crippen molar-refractivity contribution in [2.45, 2.75) is 19.6 Å². The van der Waals surface area contributed by atoms with Crippen molar-refractivity contribution in [3.63, 3.8) is 0 Å². The number of nitrogens with zero attached hydrogens (tertiary/aromatic N) is 1. The molecule has 2 rings (SSSR count). The fourth-order valence-corrected chi connectivity index (χ4v) is 2.23. The van der Waals surface area contributed by atoms with Gasteiger partial charge in [0.05, 0.1) is 13.7 Å². The first-order valence-corrected chi connectivity index (χ1v) is 7.97. The largest absolute Gasteiger partial charge is 0.478 e.